The second-order valence-electron chi connectivity index (χ2n) is 10.2. The summed E-state index contributed by atoms with van der Waals surface area (Å²) in [6.45, 7) is 6.49. The Kier molecular flexibility index (Phi) is 6.16. The molecule has 3 aliphatic heterocycles. The smallest absolute Gasteiger partial charge is 0.231 e. The van der Waals surface area contributed by atoms with Crippen LogP contribution in [-0.4, -0.2) is 60.5 Å². The quantitative estimate of drug-likeness (QED) is 0.599. The van der Waals surface area contributed by atoms with Gasteiger partial charge in [-0.15, -0.1) is 0 Å². The van der Waals surface area contributed by atoms with Crippen LogP contribution < -0.4 is 9.47 Å². The summed E-state index contributed by atoms with van der Waals surface area (Å²) in [7, 11) is 0. The highest BCUT2D eigenvalue weighted by molar-refractivity contribution is 5.85. The lowest BCUT2D eigenvalue weighted by Gasteiger charge is -2.38. The number of benzene rings is 3. The lowest BCUT2D eigenvalue weighted by Crippen LogP contribution is -2.45. The highest BCUT2D eigenvalue weighted by Gasteiger charge is 2.27. The maximum atomic E-state index is 10.9. The van der Waals surface area contributed by atoms with Crippen LogP contribution in [0.3, 0.4) is 0 Å². The lowest BCUT2D eigenvalue weighted by molar-refractivity contribution is 0.0722. The Labute approximate surface area is 201 Å². The van der Waals surface area contributed by atoms with Crippen LogP contribution in [0.4, 0.5) is 0 Å². The molecule has 0 spiro atoms. The number of aliphatic hydroxyl groups excluding tert-OH is 1. The number of hydrogen-bond donors (Lipinski definition) is 1. The van der Waals surface area contributed by atoms with Crippen LogP contribution >= 0.6 is 0 Å². The summed E-state index contributed by atoms with van der Waals surface area (Å²) < 4.78 is 11.1. The Morgan fingerprint density at radius 1 is 0.941 bits per heavy atom. The van der Waals surface area contributed by atoms with Gasteiger partial charge in [-0.1, -0.05) is 42.5 Å². The van der Waals surface area contributed by atoms with Crippen LogP contribution in [0.2, 0.25) is 0 Å². The second kappa shape index (κ2) is 9.57. The molecule has 0 radical (unpaired) electrons. The number of nitrogens with zero attached hydrogens (tertiary/aromatic N) is 2. The monoisotopic (exact) mass is 458 g/mol. The third-order valence-electron chi connectivity index (χ3n) is 7.71. The predicted octanol–water partition coefficient (Wildman–Crippen LogP) is 4.24. The molecule has 3 aliphatic rings. The van der Waals surface area contributed by atoms with Crippen molar-refractivity contribution in [1.82, 2.24) is 9.80 Å². The topological polar surface area (TPSA) is 45.2 Å². The summed E-state index contributed by atoms with van der Waals surface area (Å²) >= 11 is 0. The van der Waals surface area contributed by atoms with Crippen molar-refractivity contribution in [3.05, 3.63) is 71.3 Å². The minimum atomic E-state index is -0.337. The summed E-state index contributed by atoms with van der Waals surface area (Å²) in [5.41, 5.74) is 4.03. The van der Waals surface area contributed by atoms with Gasteiger partial charge in [0.25, 0.3) is 0 Å². The molecule has 34 heavy (non-hydrogen) atoms. The molecule has 2 atom stereocenters. The van der Waals surface area contributed by atoms with E-state index in [1.807, 2.05) is 0 Å². The van der Waals surface area contributed by atoms with E-state index < -0.39 is 0 Å². The molecule has 1 saturated heterocycles. The second-order valence-corrected chi connectivity index (χ2v) is 10.2. The molecule has 0 amide bonds. The Hall–Kier alpha value is -2.60. The first-order valence-electron chi connectivity index (χ1n) is 12.7. The number of β-amino-alcohol motifs (C(OH)–C–C–N with tert-alkyl or cyclic N) is 1. The molecule has 3 heterocycles. The maximum Gasteiger partial charge on any atom is 0.231 e. The number of ether oxygens (including phenoxy) is 2. The fourth-order valence-corrected chi connectivity index (χ4v) is 6.08. The Bertz CT molecular complexity index is 1160. The highest BCUT2D eigenvalue weighted by Crippen LogP contribution is 2.37. The zero-order chi connectivity index (χ0) is 22.9. The Balaban J connectivity index is 1.04. The van der Waals surface area contributed by atoms with E-state index in [-0.39, 0.29) is 6.10 Å². The summed E-state index contributed by atoms with van der Waals surface area (Å²) in [5.74, 6) is 2.45. The van der Waals surface area contributed by atoms with E-state index >= 15 is 0 Å². The van der Waals surface area contributed by atoms with Crippen LogP contribution in [0, 0.1) is 5.92 Å². The molecule has 2 unspecified atom stereocenters. The number of likely N-dealkylation sites (tertiary alicyclic amines) is 1. The number of fused-ring (bicyclic) bond motifs is 3. The van der Waals surface area contributed by atoms with Gasteiger partial charge in [-0.3, -0.25) is 4.90 Å². The molecule has 3 aromatic carbocycles. The molecule has 6 rings (SSSR count). The van der Waals surface area contributed by atoms with Crippen molar-refractivity contribution in [2.75, 3.05) is 39.5 Å². The Morgan fingerprint density at radius 3 is 2.68 bits per heavy atom. The number of rotatable bonds is 6. The molecule has 0 aliphatic carbocycles. The average Bonchev–Trinajstić information content (AvgIpc) is 3.30. The maximum absolute atomic E-state index is 10.9. The van der Waals surface area contributed by atoms with Crippen molar-refractivity contribution in [2.24, 2.45) is 5.92 Å². The molecule has 3 aromatic rings. The van der Waals surface area contributed by atoms with Crippen LogP contribution in [-0.2, 0) is 19.4 Å². The third-order valence-corrected chi connectivity index (χ3v) is 7.71. The molecule has 5 heteroatoms. The molecular weight excluding hydrogens is 424 g/mol. The number of piperidine rings is 1. The molecular formula is C29H34N2O3. The van der Waals surface area contributed by atoms with Gasteiger partial charge in [0.2, 0.25) is 6.79 Å². The van der Waals surface area contributed by atoms with Crippen LogP contribution in [0.15, 0.2) is 54.6 Å². The Morgan fingerprint density at radius 2 is 1.76 bits per heavy atom. The molecule has 0 aromatic heterocycles. The van der Waals surface area contributed by atoms with Crippen molar-refractivity contribution < 1.29 is 14.6 Å². The van der Waals surface area contributed by atoms with E-state index in [9.17, 15) is 5.11 Å². The standard InChI is InChI=1S/C29H34N2O3/c32-26(13-24-8-3-7-22-6-1-2-9-27(22)24)19-30-11-4-5-21(16-30)17-31-12-10-23-14-28-29(34-20-33-28)15-25(23)18-31/h1-3,6-9,14-15,21,26,32H,4-5,10-13,16-20H2. The summed E-state index contributed by atoms with van der Waals surface area (Å²) in [6, 6.07) is 19.2. The van der Waals surface area contributed by atoms with Gasteiger partial charge in [-0.25, -0.2) is 0 Å². The van der Waals surface area contributed by atoms with Gasteiger partial charge in [0.05, 0.1) is 6.10 Å². The fourth-order valence-electron chi connectivity index (χ4n) is 6.08. The van der Waals surface area contributed by atoms with E-state index in [2.05, 4.69) is 64.4 Å². The van der Waals surface area contributed by atoms with Gasteiger partial charge in [0, 0.05) is 39.1 Å². The minimum Gasteiger partial charge on any atom is -0.454 e. The average molecular weight is 459 g/mol. The van der Waals surface area contributed by atoms with Crippen LogP contribution in [0.5, 0.6) is 11.5 Å². The molecule has 1 N–H and O–H groups in total. The predicted molar refractivity (Wildman–Crippen MR) is 134 cm³/mol. The molecule has 1 fully saturated rings. The van der Waals surface area contributed by atoms with E-state index in [0.717, 1.165) is 57.2 Å². The van der Waals surface area contributed by atoms with E-state index in [1.54, 1.807) is 0 Å². The summed E-state index contributed by atoms with van der Waals surface area (Å²) in [4.78, 5) is 5.09. The van der Waals surface area contributed by atoms with Crippen molar-refractivity contribution in [3.8, 4) is 11.5 Å². The molecule has 0 saturated carbocycles. The van der Waals surface area contributed by atoms with E-state index in [0.29, 0.717) is 19.1 Å². The lowest BCUT2D eigenvalue weighted by atomic mass is 9.94. The van der Waals surface area contributed by atoms with E-state index in [1.165, 1.54) is 40.3 Å². The SMILES string of the molecule is OC(Cc1cccc2ccccc12)CN1CCCC(CN2CCc3cc4c(cc3C2)OCO4)C1. The van der Waals surface area contributed by atoms with Gasteiger partial charge < -0.3 is 19.5 Å². The van der Waals surface area contributed by atoms with E-state index in [4.69, 9.17) is 9.47 Å². The summed E-state index contributed by atoms with van der Waals surface area (Å²) in [6.07, 6.45) is 3.94. The van der Waals surface area contributed by atoms with Crippen molar-refractivity contribution in [3.63, 3.8) is 0 Å². The van der Waals surface area contributed by atoms with Gasteiger partial charge in [0.1, 0.15) is 0 Å². The van der Waals surface area contributed by atoms with Crippen molar-refractivity contribution in [1.29, 1.82) is 0 Å². The normalized spacial score (nSPS) is 21.5. The number of aliphatic hydroxyl groups is 1. The zero-order valence-electron chi connectivity index (χ0n) is 19.8. The van der Waals surface area contributed by atoms with Crippen LogP contribution in [0.1, 0.15) is 29.5 Å². The minimum absolute atomic E-state index is 0.337. The molecule has 0 bridgehead atoms. The number of hydrogen-bond acceptors (Lipinski definition) is 5. The van der Waals surface area contributed by atoms with Crippen molar-refractivity contribution in [2.45, 2.75) is 38.3 Å². The fraction of sp³-hybridized carbons (Fsp3) is 0.448. The van der Waals surface area contributed by atoms with Gasteiger partial charge in [-0.2, -0.15) is 0 Å². The molecule has 178 valence electrons. The summed E-state index contributed by atoms with van der Waals surface area (Å²) in [5, 5.41) is 13.4. The first-order valence-corrected chi connectivity index (χ1v) is 12.7. The van der Waals surface area contributed by atoms with Gasteiger partial charge >= 0.3 is 0 Å². The first kappa shape index (κ1) is 21.9. The van der Waals surface area contributed by atoms with Gasteiger partial charge in [0.15, 0.2) is 11.5 Å². The largest absolute Gasteiger partial charge is 0.454 e. The van der Waals surface area contributed by atoms with Crippen molar-refractivity contribution >= 4 is 10.8 Å². The van der Waals surface area contributed by atoms with Crippen LogP contribution in [0.25, 0.3) is 10.8 Å². The van der Waals surface area contributed by atoms with Gasteiger partial charge in [-0.05, 0) is 71.3 Å². The highest BCUT2D eigenvalue weighted by atomic mass is 16.7. The third kappa shape index (κ3) is 4.65. The molecule has 5 nitrogen and oxygen atoms in total. The first-order chi connectivity index (χ1) is 16.7. The zero-order valence-corrected chi connectivity index (χ0v) is 19.8.